The van der Waals surface area contributed by atoms with E-state index < -0.39 is 23.4 Å². The molecule has 3 rings (SSSR count). The lowest BCUT2D eigenvalue weighted by Crippen LogP contribution is -2.15. The number of anilines is 1. The molecule has 0 saturated heterocycles. The molecule has 0 spiro atoms. The van der Waals surface area contributed by atoms with Crippen molar-refractivity contribution in [2.75, 3.05) is 19.5 Å². The van der Waals surface area contributed by atoms with E-state index in [2.05, 4.69) is 10.3 Å². The smallest absolute Gasteiger partial charge is 0.416 e. The SMILES string of the molecule is COCc1cc(Oc2ccc(C(F)(F)F)cc2)ccc1NC(=O)c1nccc(OC)c1O. The summed E-state index contributed by atoms with van der Waals surface area (Å²) in [6, 6.07) is 10.3. The first kappa shape index (κ1) is 22.9. The largest absolute Gasteiger partial charge is 0.503 e. The Bertz CT molecular complexity index is 1100. The Morgan fingerprint density at radius 3 is 2.38 bits per heavy atom. The van der Waals surface area contributed by atoms with E-state index in [1.807, 2.05) is 0 Å². The van der Waals surface area contributed by atoms with Gasteiger partial charge in [0.2, 0.25) is 0 Å². The molecule has 0 saturated carbocycles. The highest BCUT2D eigenvalue weighted by Crippen LogP contribution is 2.33. The molecule has 0 aliphatic rings. The van der Waals surface area contributed by atoms with E-state index in [9.17, 15) is 23.1 Å². The number of aromatic nitrogens is 1. The number of nitrogens with one attached hydrogen (secondary N) is 1. The molecule has 7 nitrogen and oxygen atoms in total. The summed E-state index contributed by atoms with van der Waals surface area (Å²) in [5.74, 6) is -0.429. The Kier molecular flexibility index (Phi) is 6.84. The molecule has 0 bridgehead atoms. The Labute approximate surface area is 181 Å². The number of halogens is 3. The van der Waals surface area contributed by atoms with Crippen molar-refractivity contribution in [1.29, 1.82) is 0 Å². The number of rotatable bonds is 7. The van der Waals surface area contributed by atoms with Crippen molar-refractivity contribution in [1.82, 2.24) is 4.98 Å². The molecule has 0 aliphatic carbocycles. The van der Waals surface area contributed by atoms with Gasteiger partial charge in [0, 0.05) is 30.6 Å². The van der Waals surface area contributed by atoms with Gasteiger partial charge in [-0.1, -0.05) is 0 Å². The van der Waals surface area contributed by atoms with Crippen LogP contribution in [0.15, 0.2) is 54.7 Å². The number of carbonyl (C=O) groups excluding carboxylic acids is 1. The Morgan fingerprint density at radius 1 is 1.06 bits per heavy atom. The normalized spacial score (nSPS) is 11.2. The summed E-state index contributed by atoms with van der Waals surface area (Å²) >= 11 is 0. The summed E-state index contributed by atoms with van der Waals surface area (Å²) in [6.07, 6.45) is -3.11. The second-order valence-electron chi connectivity index (χ2n) is 6.54. The molecule has 0 fully saturated rings. The van der Waals surface area contributed by atoms with Gasteiger partial charge in [0.05, 0.1) is 19.3 Å². The zero-order valence-corrected chi connectivity index (χ0v) is 17.1. The number of hydrogen-bond acceptors (Lipinski definition) is 6. The third kappa shape index (κ3) is 5.27. The second-order valence-corrected chi connectivity index (χ2v) is 6.54. The first-order chi connectivity index (χ1) is 15.2. The third-order valence-electron chi connectivity index (χ3n) is 4.36. The number of amides is 1. The second kappa shape index (κ2) is 9.56. The maximum atomic E-state index is 12.7. The van der Waals surface area contributed by atoms with Gasteiger partial charge in [-0.25, -0.2) is 4.98 Å². The fourth-order valence-electron chi connectivity index (χ4n) is 2.83. The lowest BCUT2D eigenvalue weighted by atomic mass is 10.1. The molecule has 1 aromatic heterocycles. The third-order valence-corrected chi connectivity index (χ3v) is 4.36. The van der Waals surface area contributed by atoms with Crippen molar-refractivity contribution in [2.24, 2.45) is 0 Å². The first-order valence-electron chi connectivity index (χ1n) is 9.23. The fourth-order valence-corrected chi connectivity index (χ4v) is 2.83. The van der Waals surface area contributed by atoms with E-state index in [1.165, 1.54) is 44.7 Å². The van der Waals surface area contributed by atoms with E-state index >= 15 is 0 Å². The molecule has 3 aromatic rings. The molecule has 168 valence electrons. The summed E-state index contributed by atoms with van der Waals surface area (Å²) in [5.41, 5.74) is -0.0940. The zero-order valence-electron chi connectivity index (χ0n) is 17.1. The minimum absolute atomic E-state index is 0.0996. The standard InChI is InChI=1S/C22H19F3N2O5/c1-30-12-13-11-16(32-15-5-3-14(4-6-15)22(23,24)25)7-8-17(13)27-21(29)19-20(28)18(31-2)9-10-26-19/h3-11,28H,12H2,1-2H3,(H,27,29). The molecule has 1 heterocycles. The summed E-state index contributed by atoms with van der Waals surface area (Å²) < 4.78 is 53.9. The molecule has 0 aliphatic heterocycles. The molecule has 10 heteroatoms. The van der Waals surface area contributed by atoms with Gasteiger partial charge >= 0.3 is 6.18 Å². The van der Waals surface area contributed by atoms with Gasteiger partial charge in [-0.15, -0.1) is 0 Å². The number of pyridine rings is 1. The first-order valence-corrected chi connectivity index (χ1v) is 9.23. The number of nitrogens with zero attached hydrogens (tertiary/aromatic N) is 1. The minimum atomic E-state index is -4.43. The van der Waals surface area contributed by atoms with Crippen LogP contribution in [0.1, 0.15) is 21.6 Å². The van der Waals surface area contributed by atoms with Crippen molar-refractivity contribution in [3.05, 3.63) is 71.5 Å². The fraction of sp³-hybridized carbons (Fsp3) is 0.182. The van der Waals surface area contributed by atoms with Gasteiger partial charge in [0.15, 0.2) is 17.2 Å². The van der Waals surface area contributed by atoms with E-state index in [1.54, 1.807) is 12.1 Å². The number of ether oxygens (including phenoxy) is 3. The molecule has 1 amide bonds. The van der Waals surface area contributed by atoms with Crippen LogP contribution >= 0.6 is 0 Å². The molecule has 2 aromatic carbocycles. The van der Waals surface area contributed by atoms with Gasteiger partial charge in [0.1, 0.15) is 11.5 Å². The van der Waals surface area contributed by atoms with Crippen LogP contribution in [-0.4, -0.2) is 30.2 Å². The van der Waals surface area contributed by atoms with Gasteiger partial charge < -0.3 is 24.6 Å². The highest BCUT2D eigenvalue weighted by molar-refractivity contribution is 6.05. The van der Waals surface area contributed by atoms with Crippen LogP contribution in [-0.2, 0) is 17.5 Å². The van der Waals surface area contributed by atoms with Gasteiger partial charge in [-0.05, 0) is 42.5 Å². The average molecular weight is 448 g/mol. The van der Waals surface area contributed by atoms with Crippen molar-refractivity contribution >= 4 is 11.6 Å². The number of aromatic hydroxyl groups is 1. The summed E-state index contributed by atoms with van der Waals surface area (Å²) in [4.78, 5) is 16.5. The van der Waals surface area contributed by atoms with Crippen LogP contribution in [0.5, 0.6) is 23.0 Å². The quantitative estimate of drug-likeness (QED) is 0.529. The minimum Gasteiger partial charge on any atom is -0.503 e. The monoisotopic (exact) mass is 448 g/mol. The molecule has 0 unspecified atom stereocenters. The van der Waals surface area contributed by atoms with Crippen LogP contribution < -0.4 is 14.8 Å². The predicted molar refractivity (Wildman–Crippen MR) is 109 cm³/mol. The lowest BCUT2D eigenvalue weighted by molar-refractivity contribution is -0.137. The highest BCUT2D eigenvalue weighted by atomic mass is 19.4. The zero-order chi connectivity index (χ0) is 23.3. The van der Waals surface area contributed by atoms with E-state index in [0.717, 1.165) is 12.1 Å². The number of methoxy groups -OCH3 is 2. The van der Waals surface area contributed by atoms with Gasteiger partial charge in [0.25, 0.3) is 5.91 Å². The number of carbonyl (C=O) groups is 1. The van der Waals surface area contributed by atoms with Crippen LogP contribution in [0.25, 0.3) is 0 Å². The van der Waals surface area contributed by atoms with Crippen LogP contribution in [0.4, 0.5) is 18.9 Å². The summed E-state index contributed by atoms with van der Waals surface area (Å²) in [5, 5.41) is 12.8. The molecule has 0 atom stereocenters. The predicted octanol–water partition coefficient (Wildman–Crippen LogP) is 5.01. The van der Waals surface area contributed by atoms with E-state index in [-0.39, 0.29) is 23.8 Å². The molecular formula is C22H19F3N2O5. The molecule has 0 radical (unpaired) electrons. The van der Waals surface area contributed by atoms with Crippen LogP contribution in [0.3, 0.4) is 0 Å². The summed E-state index contributed by atoms with van der Waals surface area (Å²) in [7, 11) is 2.81. The summed E-state index contributed by atoms with van der Waals surface area (Å²) in [6.45, 7) is 0.108. The Hall–Kier alpha value is -3.79. The number of benzene rings is 2. The van der Waals surface area contributed by atoms with Crippen molar-refractivity contribution in [3.8, 4) is 23.0 Å². The van der Waals surface area contributed by atoms with E-state index in [0.29, 0.717) is 17.0 Å². The highest BCUT2D eigenvalue weighted by Gasteiger charge is 2.30. The van der Waals surface area contributed by atoms with Gasteiger partial charge in [-0.2, -0.15) is 13.2 Å². The maximum absolute atomic E-state index is 12.7. The lowest BCUT2D eigenvalue weighted by Gasteiger charge is -2.14. The van der Waals surface area contributed by atoms with Crippen LogP contribution in [0.2, 0.25) is 0 Å². The molecule has 2 N–H and O–H groups in total. The Balaban J connectivity index is 1.81. The van der Waals surface area contributed by atoms with Crippen LogP contribution in [0, 0.1) is 0 Å². The van der Waals surface area contributed by atoms with Crippen molar-refractivity contribution < 1.29 is 37.3 Å². The Morgan fingerprint density at radius 2 is 1.75 bits per heavy atom. The van der Waals surface area contributed by atoms with Crippen molar-refractivity contribution in [3.63, 3.8) is 0 Å². The van der Waals surface area contributed by atoms with Crippen molar-refractivity contribution in [2.45, 2.75) is 12.8 Å². The van der Waals surface area contributed by atoms with E-state index in [4.69, 9.17) is 14.2 Å². The molecular weight excluding hydrogens is 429 g/mol. The number of hydrogen-bond donors (Lipinski definition) is 2. The topological polar surface area (TPSA) is 89.9 Å². The van der Waals surface area contributed by atoms with Gasteiger partial charge in [-0.3, -0.25) is 4.79 Å². The average Bonchev–Trinajstić information content (AvgIpc) is 2.75. The maximum Gasteiger partial charge on any atom is 0.416 e. The molecule has 32 heavy (non-hydrogen) atoms. The number of alkyl halides is 3.